The minimum absolute atomic E-state index is 0.129. The van der Waals surface area contributed by atoms with Crippen LogP contribution in [0.3, 0.4) is 0 Å². The van der Waals surface area contributed by atoms with Gasteiger partial charge in [-0.1, -0.05) is 23.4 Å². The molecule has 2 aromatic rings. The molecule has 1 aliphatic heterocycles. The van der Waals surface area contributed by atoms with Crippen LogP contribution in [0.1, 0.15) is 15.9 Å². The number of hydrogen-bond acceptors (Lipinski definition) is 3. The van der Waals surface area contributed by atoms with Crippen molar-refractivity contribution in [3.63, 3.8) is 0 Å². The van der Waals surface area contributed by atoms with Crippen molar-refractivity contribution < 1.29 is 9.32 Å². The molecular formula is C11H8N2O2. The third kappa shape index (κ3) is 2.17. The lowest BCUT2D eigenvalue weighted by molar-refractivity contribution is 0.101. The average Bonchev–Trinajstić information content (AvgIpc) is 2.92. The van der Waals surface area contributed by atoms with Crippen LogP contribution in [0.4, 0.5) is 0 Å². The van der Waals surface area contributed by atoms with Crippen molar-refractivity contribution in [1.29, 1.82) is 0 Å². The number of benzene rings is 1. The van der Waals surface area contributed by atoms with Crippen LogP contribution in [0.25, 0.3) is 0 Å². The van der Waals surface area contributed by atoms with Gasteiger partial charge in [-0.3, -0.25) is 4.79 Å². The minimum atomic E-state index is -0.129. The zero-order chi connectivity index (χ0) is 10.5. The predicted molar refractivity (Wildman–Crippen MR) is 54.9 cm³/mol. The van der Waals surface area contributed by atoms with Gasteiger partial charge in [0.25, 0.3) is 5.91 Å². The van der Waals surface area contributed by atoms with E-state index in [0.717, 1.165) is 5.56 Å². The number of fused-ring (bicyclic) bond motifs is 1. The molecule has 0 unspecified atom stereocenters. The van der Waals surface area contributed by atoms with E-state index in [-0.39, 0.29) is 5.91 Å². The lowest BCUT2D eigenvalue weighted by Gasteiger charge is -1.89. The molecule has 0 spiro atoms. The van der Waals surface area contributed by atoms with Gasteiger partial charge in [0.1, 0.15) is 6.26 Å². The van der Waals surface area contributed by atoms with E-state index in [2.05, 4.69) is 14.7 Å². The van der Waals surface area contributed by atoms with E-state index in [4.69, 9.17) is 0 Å². The summed E-state index contributed by atoms with van der Waals surface area (Å²) in [5.41, 5.74) is 1.63. The van der Waals surface area contributed by atoms with E-state index < -0.39 is 0 Å². The Morgan fingerprint density at radius 3 is 2.60 bits per heavy atom. The number of aliphatic imine (C=N–C) groups is 1. The topological polar surface area (TPSA) is 55.5 Å². The highest BCUT2D eigenvalue weighted by Gasteiger charge is 2.12. The summed E-state index contributed by atoms with van der Waals surface area (Å²) >= 11 is 0. The molecule has 74 valence electrons. The molecular weight excluding hydrogens is 192 g/mol. The van der Waals surface area contributed by atoms with Crippen LogP contribution in [0, 0.1) is 0 Å². The molecule has 0 aliphatic carbocycles. The van der Waals surface area contributed by atoms with Crippen molar-refractivity contribution >= 4 is 12.1 Å². The number of rotatable bonds is 0. The van der Waals surface area contributed by atoms with E-state index >= 15 is 0 Å². The van der Waals surface area contributed by atoms with Crippen LogP contribution in [0.15, 0.2) is 52.3 Å². The summed E-state index contributed by atoms with van der Waals surface area (Å²) in [5.74, 6) is -0.129. The van der Waals surface area contributed by atoms with E-state index in [1.165, 1.54) is 6.26 Å². The zero-order valence-corrected chi connectivity index (χ0v) is 7.83. The van der Waals surface area contributed by atoms with Gasteiger partial charge in [0, 0.05) is 11.8 Å². The van der Waals surface area contributed by atoms with Crippen molar-refractivity contribution in [3.05, 3.63) is 53.9 Å². The van der Waals surface area contributed by atoms with Crippen molar-refractivity contribution in [1.82, 2.24) is 5.16 Å². The van der Waals surface area contributed by atoms with E-state index in [0.29, 0.717) is 5.56 Å². The Bertz CT molecular complexity index is 458. The number of carbonyl (C=O) groups is 1. The second kappa shape index (κ2) is 4.32. The fourth-order valence-electron chi connectivity index (χ4n) is 1.18. The van der Waals surface area contributed by atoms with E-state index in [1.54, 1.807) is 24.5 Å². The van der Waals surface area contributed by atoms with Gasteiger partial charge in [0.2, 0.25) is 0 Å². The first-order valence-corrected chi connectivity index (χ1v) is 4.40. The van der Waals surface area contributed by atoms with Gasteiger partial charge in [0.05, 0.1) is 11.8 Å². The lowest BCUT2D eigenvalue weighted by Crippen LogP contribution is -1.89. The van der Waals surface area contributed by atoms with Gasteiger partial charge >= 0.3 is 0 Å². The normalized spacial score (nSPS) is 11.9. The Kier molecular flexibility index (Phi) is 2.69. The van der Waals surface area contributed by atoms with E-state index in [9.17, 15) is 4.79 Å². The number of amides is 1. The maximum atomic E-state index is 10.9. The Balaban J connectivity index is 0.000000144. The number of carbonyl (C=O) groups excluding carboxylic acids is 1. The van der Waals surface area contributed by atoms with Crippen LogP contribution in [0.2, 0.25) is 0 Å². The van der Waals surface area contributed by atoms with Crippen LogP contribution < -0.4 is 0 Å². The largest absolute Gasteiger partial charge is 0.365 e. The van der Waals surface area contributed by atoms with Gasteiger partial charge in [-0.25, -0.2) is 4.99 Å². The molecule has 4 heteroatoms. The minimum Gasteiger partial charge on any atom is -0.365 e. The van der Waals surface area contributed by atoms with Crippen LogP contribution in [0.5, 0.6) is 0 Å². The molecule has 15 heavy (non-hydrogen) atoms. The smallest absolute Gasteiger partial charge is 0.277 e. The second-order valence-electron chi connectivity index (χ2n) is 2.84. The van der Waals surface area contributed by atoms with Gasteiger partial charge in [0.15, 0.2) is 0 Å². The Morgan fingerprint density at radius 2 is 2.00 bits per heavy atom. The van der Waals surface area contributed by atoms with Crippen molar-refractivity contribution in [3.8, 4) is 0 Å². The SMILES string of the molecule is O=C1N=Cc2ccccc21.c1cnoc1. The monoisotopic (exact) mass is 200 g/mol. The molecule has 2 heterocycles. The molecule has 0 fully saturated rings. The molecule has 0 atom stereocenters. The molecule has 0 radical (unpaired) electrons. The maximum Gasteiger partial charge on any atom is 0.277 e. The number of nitrogens with zero attached hydrogens (tertiary/aromatic N) is 2. The number of aromatic nitrogens is 1. The molecule has 0 saturated carbocycles. The molecule has 1 aromatic heterocycles. The van der Waals surface area contributed by atoms with Gasteiger partial charge in [-0.05, 0) is 12.1 Å². The molecule has 0 N–H and O–H groups in total. The van der Waals surface area contributed by atoms with Crippen LogP contribution in [-0.4, -0.2) is 17.3 Å². The third-order valence-corrected chi connectivity index (χ3v) is 1.86. The Morgan fingerprint density at radius 1 is 1.13 bits per heavy atom. The van der Waals surface area contributed by atoms with Crippen LogP contribution >= 0.6 is 0 Å². The second-order valence-corrected chi connectivity index (χ2v) is 2.84. The Labute approximate surface area is 86.2 Å². The quantitative estimate of drug-likeness (QED) is 0.652. The van der Waals surface area contributed by atoms with Crippen molar-refractivity contribution in [2.45, 2.75) is 0 Å². The maximum absolute atomic E-state index is 10.9. The van der Waals surface area contributed by atoms with Gasteiger partial charge in [-0.2, -0.15) is 0 Å². The molecule has 4 nitrogen and oxygen atoms in total. The predicted octanol–water partition coefficient (Wildman–Crippen LogP) is 1.93. The lowest BCUT2D eigenvalue weighted by atomic mass is 10.1. The molecule has 3 rings (SSSR count). The van der Waals surface area contributed by atoms with Gasteiger partial charge in [-0.15, -0.1) is 0 Å². The summed E-state index contributed by atoms with van der Waals surface area (Å²) in [6.07, 6.45) is 4.69. The summed E-state index contributed by atoms with van der Waals surface area (Å²) in [6.45, 7) is 0. The molecule has 0 bridgehead atoms. The third-order valence-electron chi connectivity index (χ3n) is 1.86. The first-order chi connectivity index (χ1) is 7.38. The number of hydrogen-bond donors (Lipinski definition) is 0. The first kappa shape index (κ1) is 9.33. The van der Waals surface area contributed by atoms with Crippen LogP contribution in [-0.2, 0) is 0 Å². The highest BCUT2D eigenvalue weighted by atomic mass is 16.5. The molecule has 1 aliphatic rings. The summed E-state index contributed by atoms with van der Waals surface area (Å²) in [6, 6.07) is 9.11. The summed E-state index contributed by atoms with van der Waals surface area (Å²) in [4.78, 5) is 14.5. The van der Waals surface area contributed by atoms with E-state index in [1.807, 2.05) is 18.2 Å². The summed E-state index contributed by atoms with van der Waals surface area (Å²) < 4.78 is 4.33. The molecule has 1 amide bonds. The standard InChI is InChI=1S/C8H5NO.C3H3NO/c10-8-7-4-2-1-3-6(7)5-9-8;1-2-4-5-3-1/h1-5H;1-3H. The average molecular weight is 200 g/mol. The first-order valence-electron chi connectivity index (χ1n) is 4.40. The fraction of sp³-hybridized carbons (Fsp3) is 0. The molecule has 0 saturated heterocycles. The van der Waals surface area contributed by atoms with Crippen molar-refractivity contribution in [2.75, 3.05) is 0 Å². The zero-order valence-electron chi connectivity index (χ0n) is 7.83. The Hall–Kier alpha value is -2.23. The highest BCUT2D eigenvalue weighted by molar-refractivity contribution is 6.12. The summed E-state index contributed by atoms with van der Waals surface area (Å²) in [7, 11) is 0. The van der Waals surface area contributed by atoms with Gasteiger partial charge < -0.3 is 4.52 Å². The highest BCUT2D eigenvalue weighted by Crippen LogP contribution is 2.12. The fourth-order valence-corrected chi connectivity index (χ4v) is 1.18. The summed E-state index contributed by atoms with van der Waals surface area (Å²) in [5, 5.41) is 3.35. The van der Waals surface area contributed by atoms with Crippen molar-refractivity contribution in [2.24, 2.45) is 4.99 Å². The molecule has 1 aromatic carbocycles.